The number of fused-ring (bicyclic) bond motifs is 1. The minimum atomic E-state index is -0.260. The van der Waals surface area contributed by atoms with Crippen molar-refractivity contribution in [1.29, 1.82) is 5.26 Å². The highest BCUT2D eigenvalue weighted by atomic mass is 16.5. The molecule has 2 rings (SSSR count). The summed E-state index contributed by atoms with van der Waals surface area (Å²) in [5.74, 6) is 7.52. The second kappa shape index (κ2) is 14.9. The van der Waals surface area contributed by atoms with Crippen LogP contribution < -0.4 is 17.4 Å². The quantitative estimate of drug-likeness (QED) is 0.327. The van der Waals surface area contributed by atoms with Gasteiger partial charge < -0.3 is 20.2 Å². The molecular weight excluding hydrogens is 334 g/mol. The molecule has 8 heteroatoms. The number of nitrogens with two attached hydrogens (primary N) is 3. The van der Waals surface area contributed by atoms with Crippen molar-refractivity contribution in [2.45, 2.75) is 19.3 Å². The number of benzene rings is 1. The summed E-state index contributed by atoms with van der Waals surface area (Å²) in [6.45, 7) is 0.854. The Hall–Kier alpha value is -2.44. The number of aromatic nitrogens is 1. The van der Waals surface area contributed by atoms with Crippen LogP contribution in [0.15, 0.2) is 30.3 Å². The van der Waals surface area contributed by atoms with E-state index in [4.69, 9.17) is 15.7 Å². The maximum absolute atomic E-state index is 10.9. The average Bonchev–Trinajstić information content (AvgIpc) is 3.11. The monoisotopic (exact) mass is 363 g/mol. The van der Waals surface area contributed by atoms with Gasteiger partial charge in [-0.1, -0.05) is 18.2 Å². The second-order valence-corrected chi connectivity index (χ2v) is 5.28. The van der Waals surface area contributed by atoms with Crippen molar-refractivity contribution in [1.82, 2.24) is 4.98 Å². The molecule has 1 aromatic carbocycles. The van der Waals surface area contributed by atoms with E-state index in [1.54, 1.807) is 7.11 Å². The Morgan fingerprint density at radius 3 is 2.54 bits per heavy atom. The minimum absolute atomic E-state index is 0.222. The van der Waals surface area contributed by atoms with Crippen LogP contribution in [0.2, 0.25) is 0 Å². The number of aromatic amines is 1. The topological polar surface area (TPSA) is 153 Å². The summed E-state index contributed by atoms with van der Waals surface area (Å²) in [6.07, 6.45) is 2.01. The molecule has 0 bridgehead atoms. The van der Waals surface area contributed by atoms with Crippen LogP contribution in [0.4, 0.5) is 0 Å². The number of carbonyl (C=O) groups is 1. The van der Waals surface area contributed by atoms with Crippen LogP contribution in [0.25, 0.3) is 10.9 Å². The van der Waals surface area contributed by atoms with Gasteiger partial charge in [-0.3, -0.25) is 16.5 Å². The lowest BCUT2D eigenvalue weighted by Crippen LogP contribution is -2.25. The highest BCUT2D eigenvalue weighted by molar-refractivity contribution is 5.80. The lowest BCUT2D eigenvalue weighted by molar-refractivity contribution is -0.145. The van der Waals surface area contributed by atoms with Crippen LogP contribution in [0.1, 0.15) is 18.5 Å². The van der Waals surface area contributed by atoms with Gasteiger partial charge in [0.15, 0.2) is 0 Å². The Labute approximate surface area is 154 Å². The molecule has 0 spiro atoms. The van der Waals surface area contributed by atoms with E-state index in [9.17, 15) is 4.79 Å². The number of hydrogen-bond donors (Lipinski definition) is 4. The highest BCUT2D eigenvalue weighted by Crippen LogP contribution is 2.15. The van der Waals surface area contributed by atoms with Gasteiger partial charge in [0, 0.05) is 44.3 Å². The largest absolute Gasteiger partial charge is 0.469 e. The summed E-state index contributed by atoms with van der Waals surface area (Å²) in [5.41, 5.74) is 7.62. The predicted octanol–water partition coefficient (Wildman–Crippen LogP) is 1.21. The molecule has 0 saturated heterocycles. The number of hydrazine groups is 1. The Kier molecular flexibility index (Phi) is 13.5. The van der Waals surface area contributed by atoms with Crippen LogP contribution >= 0.6 is 0 Å². The van der Waals surface area contributed by atoms with Crippen LogP contribution in [-0.4, -0.2) is 38.3 Å². The van der Waals surface area contributed by atoms with Gasteiger partial charge in [-0.2, -0.15) is 5.26 Å². The van der Waals surface area contributed by atoms with Gasteiger partial charge in [0.1, 0.15) is 0 Å². The van der Waals surface area contributed by atoms with Gasteiger partial charge >= 0.3 is 5.97 Å². The summed E-state index contributed by atoms with van der Waals surface area (Å²) < 4.78 is 9.33. The SMILES string of the molecule is COCCC(CN)C(=O)OC.N#CCCc1cc2ccccc2[nH]1.NN. The molecule has 2 aromatic rings. The second-order valence-electron chi connectivity index (χ2n) is 5.28. The average molecular weight is 363 g/mol. The molecule has 0 amide bonds. The molecule has 0 saturated carbocycles. The van der Waals surface area contributed by atoms with E-state index in [0.29, 0.717) is 26.0 Å². The smallest absolute Gasteiger partial charge is 0.310 e. The van der Waals surface area contributed by atoms with Gasteiger partial charge in [0.2, 0.25) is 0 Å². The van der Waals surface area contributed by atoms with Crippen LogP contribution in [0, 0.1) is 17.2 Å². The number of nitrogens with zero attached hydrogens (tertiary/aromatic N) is 1. The number of carbonyl (C=O) groups excluding carboxylic acids is 1. The molecule has 1 unspecified atom stereocenters. The molecule has 7 N–H and O–H groups in total. The molecule has 26 heavy (non-hydrogen) atoms. The molecule has 0 radical (unpaired) electrons. The number of ether oxygens (including phenoxy) is 2. The number of aryl methyl sites for hydroxylation is 1. The number of para-hydroxylation sites is 1. The van der Waals surface area contributed by atoms with E-state index < -0.39 is 0 Å². The molecule has 1 heterocycles. The fraction of sp³-hybridized carbons (Fsp3) is 0.444. The number of esters is 1. The molecular formula is C18H29N5O3. The summed E-state index contributed by atoms with van der Waals surface area (Å²) >= 11 is 0. The number of nitriles is 1. The number of methoxy groups -OCH3 is 2. The molecule has 0 aliphatic heterocycles. The van der Waals surface area contributed by atoms with Crippen LogP contribution in [0.3, 0.4) is 0 Å². The van der Waals surface area contributed by atoms with E-state index in [-0.39, 0.29) is 11.9 Å². The Morgan fingerprint density at radius 2 is 2.00 bits per heavy atom. The van der Waals surface area contributed by atoms with Crippen LogP contribution in [0.5, 0.6) is 0 Å². The Morgan fingerprint density at radius 1 is 1.31 bits per heavy atom. The predicted molar refractivity (Wildman–Crippen MR) is 102 cm³/mol. The van der Waals surface area contributed by atoms with Gasteiger partial charge in [-0.05, 0) is 23.9 Å². The van der Waals surface area contributed by atoms with Gasteiger partial charge in [-0.15, -0.1) is 0 Å². The van der Waals surface area contributed by atoms with E-state index in [1.807, 2.05) is 18.2 Å². The first-order valence-corrected chi connectivity index (χ1v) is 8.20. The van der Waals surface area contributed by atoms with Crippen molar-refractivity contribution < 1.29 is 14.3 Å². The van der Waals surface area contributed by atoms with Crippen molar-refractivity contribution in [3.63, 3.8) is 0 Å². The van der Waals surface area contributed by atoms with Crippen molar-refractivity contribution in [2.24, 2.45) is 23.3 Å². The third-order valence-corrected chi connectivity index (χ3v) is 3.58. The molecule has 0 fully saturated rings. The molecule has 0 aliphatic carbocycles. The fourth-order valence-electron chi connectivity index (χ4n) is 2.22. The Balaban J connectivity index is 0.000000446. The van der Waals surface area contributed by atoms with E-state index in [1.165, 1.54) is 12.5 Å². The summed E-state index contributed by atoms with van der Waals surface area (Å²) in [5, 5.41) is 9.66. The van der Waals surface area contributed by atoms with E-state index >= 15 is 0 Å². The molecule has 0 aliphatic rings. The van der Waals surface area contributed by atoms with Crippen molar-refractivity contribution >= 4 is 16.9 Å². The number of hydrogen-bond acceptors (Lipinski definition) is 7. The zero-order valence-corrected chi connectivity index (χ0v) is 15.4. The van der Waals surface area contributed by atoms with Crippen molar-refractivity contribution in [3.8, 4) is 6.07 Å². The number of H-pyrrole nitrogens is 1. The first-order chi connectivity index (χ1) is 12.7. The van der Waals surface area contributed by atoms with E-state index in [2.05, 4.69) is 39.6 Å². The Bertz CT molecular complexity index is 633. The summed E-state index contributed by atoms with van der Waals surface area (Å²) in [4.78, 5) is 14.2. The summed E-state index contributed by atoms with van der Waals surface area (Å²) in [6, 6.07) is 12.4. The fourth-order valence-corrected chi connectivity index (χ4v) is 2.22. The molecule has 144 valence electrons. The normalized spacial score (nSPS) is 10.6. The molecule has 1 aromatic heterocycles. The third kappa shape index (κ3) is 8.60. The van der Waals surface area contributed by atoms with Gasteiger partial charge in [0.05, 0.1) is 19.1 Å². The maximum atomic E-state index is 10.9. The van der Waals surface area contributed by atoms with Crippen molar-refractivity contribution in [2.75, 3.05) is 27.4 Å². The standard InChI is InChI=1S/C11H10N2.C7H15NO3.H4N2/c12-7-3-5-10-8-9-4-1-2-6-11(9)13-10;1-10-4-3-6(5-8)7(9)11-2;1-2/h1-2,4,6,8,13H,3,5H2;6H,3-5,8H2,1-2H3;1-2H2. The first-order valence-electron chi connectivity index (χ1n) is 8.20. The van der Waals surface area contributed by atoms with Gasteiger partial charge in [-0.25, -0.2) is 0 Å². The lowest BCUT2D eigenvalue weighted by atomic mass is 10.1. The zero-order valence-electron chi connectivity index (χ0n) is 15.4. The van der Waals surface area contributed by atoms with Crippen LogP contribution in [-0.2, 0) is 20.7 Å². The zero-order chi connectivity index (χ0) is 19.8. The maximum Gasteiger partial charge on any atom is 0.310 e. The third-order valence-electron chi connectivity index (χ3n) is 3.58. The van der Waals surface area contributed by atoms with E-state index in [0.717, 1.165) is 17.6 Å². The first kappa shape index (κ1) is 23.6. The summed E-state index contributed by atoms with van der Waals surface area (Å²) in [7, 11) is 2.95. The van der Waals surface area contributed by atoms with Crippen molar-refractivity contribution in [3.05, 3.63) is 36.0 Å². The minimum Gasteiger partial charge on any atom is -0.469 e. The van der Waals surface area contributed by atoms with Gasteiger partial charge in [0.25, 0.3) is 0 Å². The number of rotatable bonds is 7. The molecule has 1 atom stereocenters. The number of nitrogens with one attached hydrogen (secondary N) is 1. The lowest BCUT2D eigenvalue weighted by Gasteiger charge is -2.10. The molecule has 8 nitrogen and oxygen atoms in total. The highest BCUT2D eigenvalue weighted by Gasteiger charge is 2.16.